The van der Waals surface area contributed by atoms with Crippen LogP contribution in [0.3, 0.4) is 0 Å². The van der Waals surface area contributed by atoms with Crippen LogP contribution in [0.5, 0.6) is 0 Å². The fourth-order valence-electron chi connectivity index (χ4n) is 3.11. The molecule has 8 heteroatoms. The highest BCUT2D eigenvalue weighted by Gasteiger charge is 2.35. The van der Waals surface area contributed by atoms with Crippen molar-refractivity contribution in [3.05, 3.63) is 34.2 Å². The molecule has 1 saturated heterocycles. The lowest BCUT2D eigenvalue weighted by atomic mass is 10.0. The van der Waals surface area contributed by atoms with Crippen LogP contribution in [0.2, 0.25) is 0 Å². The molecule has 0 N–H and O–H groups in total. The summed E-state index contributed by atoms with van der Waals surface area (Å²) in [5.74, 6) is -0.0126. The Bertz CT molecular complexity index is 655. The van der Waals surface area contributed by atoms with Crippen molar-refractivity contribution in [2.45, 2.75) is 32.1 Å². The van der Waals surface area contributed by atoms with Crippen LogP contribution < -0.4 is 5.56 Å². The highest BCUT2D eigenvalue weighted by molar-refractivity contribution is 5.76. The fraction of sp³-hybridized carbons (Fsp3) is 0.625. The summed E-state index contributed by atoms with van der Waals surface area (Å²) < 4.78 is 39.1. The van der Waals surface area contributed by atoms with Gasteiger partial charge in [0.25, 0.3) is 5.56 Å². The third-order valence-corrected chi connectivity index (χ3v) is 4.56. The minimum Gasteiger partial charge on any atom is -0.339 e. The van der Waals surface area contributed by atoms with Crippen molar-refractivity contribution in [1.29, 1.82) is 0 Å². The quantitative estimate of drug-likeness (QED) is 0.834. The third kappa shape index (κ3) is 3.98. The van der Waals surface area contributed by atoms with Crippen LogP contribution in [0.25, 0.3) is 0 Å². The van der Waals surface area contributed by atoms with Gasteiger partial charge in [-0.25, -0.2) is 0 Å². The normalized spacial score (nSPS) is 21.5. The Kier molecular flexibility index (Phi) is 5.37. The minimum absolute atomic E-state index is 0.220. The number of nitrogens with zero attached hydrogens (tertiary/aromatic N) is 3. The second-order valence-electron chi connectivity index (χ2n) is 6.38. The van der Waals surface area contributed by atoms with Crippen LogP contribution in [0.1, 0.15) is 18.9 Å². The van der Waals surface area contributed by atoms with Crippen LogP contribution in [0, 0.1) is 5.92 Å². The van der Waals surface area contributed by atoms with E-state index in [1.165, 1.54) is 0 Å². The number of aromatic nitrogens is 1. The number of likely N-dealkylation sites (N-methyl/N-ethyl adjacent to an activating group) is 1. The molecule has 0 radical (unpaired) electrons. The van der Waals surface area contributed by atoms with E-state index in [-0.39, 0.29) is 18.5 Å². The smallest absolute Gasteiger partial charge is 0.339 e. The predicted molar refractivity (Wildman–Crippen MR) is 83.5 cm³/mol. The van der Waals surface area contributed by atoms with Crippen LogP contribution in [-0.2, 0) is 17.5 Å². The first kappa shape index (κ1) is 18.5. The van der Waals surface area contributed by atoms with Crippen LogP contribution in [0.15, 0.2) is 23.1 Å². The average Bonchev–Trinajstić information content (AvgIpc) is 2.93. The molecule has 0 bridgehead atoms. The number of hydrogen-bond donors (Lipinski definition) is 0. The average molecular weight is 345 g/mol. The molecule has 0 spiro atoms. The van der Waals surface area contributed by atoms with E-state index in [9.17, 15) is 22.8 Å². The Labute approximate surface area is 138 Å². The zero-order chi connectivity index (χ0) is 18.1. The van der Waals surface area contributed by atoms with Gasteiger partial charge >= 0.3 is 6.18 Å². The molecule has 1 aliphatic rings. The first-order chi connectivity index (χ1) is 11.1. The lowest BCUT2D eigenvalue weighted by Gasteiger charge is -2.23. The first-order valence-corrected chi connectivity index (χ1v) is 7.85. The summed E-state index contributed by atoms with van der Waals surface area (Å²) in [6.07, 6.45) is -2.93. The number of amides is 1. The molecule has 2 atom stereocenters. The molecule has 2 heterocycles. The zero-order valence-corrected chi connectivity index (χ0v) is 14.0. The van der Waals surface area contributed by atoms with Crippen LogP contribution >= 0.6 is 0 Å². The van der Waals surface area contributed by atoms with E-state index >= 15 is 0 Å². The standard InChI is InChI=1S/C16H22F3N3O2/c1-4-11-7-21(9-13(11)20(2)3)15(24)10-22-8-12(16(17,18)19)5-6-14(22)23/h5-6,8,11,13H,4,7,9-10H2,1-3H3. The van der Waals surface area contributed by atoms with Crippen molar-refractivity contribution in [3.63, 3.8) is 0 Å². The second kappa shape index (κ2) is 6.96. The van der Waals surface area contributed by atoms with Gasteiger partial charge in [0.1, 0.15) is 6.54 Å². The number of carbonyl (C=O) groups excluding carboxylic acids is 1. The highest BCUT2D eigenvalue weighted by Crippen LogP contribution is 2.28. The Balaban J connectivity index is 2.14. The van der Waals surface area contributed by atoms with Crippen molar-refractivity contribution in [2.24, 2.45) is 5.92 Å². The first-order valence-electron chi connectivity index (χ1n) is 7.85. The lowest BCUT2D eigenvalue weighted by molar-refractivity contribution is -0.138. The number of alkyl halides is 3. The van der Waals surface area contributed by atoms with Gasteiger partial charge in [-0.15, -0.1) is 0 Å². The summed E-state index contributed by atoms with van der Waals surface area (Å²) >= 11 is 0. The van der Waals surface area contributed by atoms with Gasteiger partial charge in [-0.2, -0.15) is 13.2 Å². The molecule has 5 nitrogen and oxygen atoms in total. The Morgan fingerprint density at radius 2 is 1.96 bits per heavy atom. The monoisotopic (exact) mass is 345 g/mol. The number of halogens is 3. The van der Waals surface area contributed by atoms with E-state index in [0.717, 1.165) is 23.1 Å². The van der Waals surface area contributed by atoms with Crippen LogP contribution in [0.4, 0.5) is 13.2 Å². The molecule has 134 valence electrons. The van der Waals surface area contributed by atoms with Gasteiger partial charge in [-0.3, -0.25) is 9.59 Å². The highest BCUT2D eigenvalue weighted by atomic mass is 19.4. The summed E-state index contributed by atoms with van der Waals surface area (Å²) in [6.45, 7) is 2.76. The molecule has 0 saturated carbocycles. The number of pyridine rings is 1. The van der Waals surface area contributed by atoms with E-state index in [0.29, 0.717) is 25.2 Å². The number of carbonyl (C=O) groups is 1. The summed E-state index contributed by atoms with van der Waals surface area (Å²) in [5, 5.41) is 0. The van der Waals surface area contributed by atoms with Crippen molar-refractivity contribution >= 4 is 5.91 Å². The Hall–Kier alpha value is -1.83. The molecule has 1 aliphatic heterocycles. The molecule has 1 aromatic rings. The van der Waals surface area contributed by atoms with Gasteiger partial charge in [-0.1, -0.05) is 13.3 Å². The molecular weight excluding hydrogens is 323 g/mol. The Morgan fingerprint density at radius 1 is 1.29 bits per heavy atom. The molecule has 1 aromatic heterocycles. The molecular formula is C16H22F3N3O2. The van der Waals surface area contributed by atoms with E-state index in [1.54, 1.807) is 4.90 Å². The van der Waals surface area contributed by atoms with Gasteiger partial charge in [0.15, 0.2) is 0 Å². The topological polar surface area (TPSA) is 45.6 Å². The minimum atomic E-state index is -4.55. The predicted octanol–water partition coefficient (Wildman–Crippen LogP) is 1.67. The third-order valence-electron chi connectivity index (χ3n) is 4.56. The summed E-state index contributed by atoms with van der Waals surface area (Å²) in [6, 6.07) is 1.79. The van der Waals surface area contributed by atoms with Gasteiger partial charge in [-0.05, 0) is 26.1 Å². The molecule has 1 amide bonds. The van der Waals surface area contributed by atoms with Gasteiger partial charge in [0, 0.05) is 31.4 Å². The zero-order valence-electron chi connectivity index (χ0n) is 14.0. The summed E-state index contributed by atoms with van der Waals surface area (Å²) in [5.41, 5.74) is -1.55. The maximum Gasteiger partial charge on any atom is 0.417 e. The number of likely N-dealkylation sites (tertiary alicyclic amines) is 1. The molecule has 24 heavy (non-hydrogen) atoms. The Morgan fingerprint density at radius 3 is 2.46 bits per heavy atom. The fourth-order valence-corrected chi connectivity index (χ4v) is 3.11. The number of rotatable bonds is 4. The maximum absolute atomic E-state index is 12.8. The lowest BCUT2D eigenvalue weighted by Crippen LogP contribution is -2.38. The SMILES string of the molecule is CCC1CN(C(=O)Cn2cc(C(F)(F)F)ccc2=O)CC1N(C)C. The molecule has 2 unspecified atom stereocenters. The largest absolute Gasteiger partial charge is 0.417 e. The van der Waals surface area contributed by atoms with Gasteiger partial charge < -0.3 is 14.4 Å². The second-order valence-corrected chi connectivity index (χ2v) is 6.38. The molecule has 0 aliphatic carbocycles. The molecule has 0 aromatic carbocycles. The van der Waals surface area contributed by atoms with E-state index in [4.69, 9.17) is 0 Å². The van der Waals surface area contributed by atoms with E-state index in [1.807, 2.05) is 21.0 Å². The van der Waals surface area contributed by atoms with E-state index < -0.39 is 17.3 Å². The molecule has 1 fully saturated rings. The number of hydrogen-bond acceptors (Lipinski definition) is 3. The molecule has 2 rings (SSSR count). The summed E-state index contributed by atoms with van der Waals surface area (Å²) in [7, 11) is 3.89. The van der Waals surface area contributed by atoms with Crippen LogP contribution in [-0.4, -0.2) is 53.5 Å². The van der Waals surface area contributed by atoms with Gasteiger partial charge in [0.05, 0.1) is 5.56 Å². The van der Waals surface area contributed by atoms with Crippen molar-refractivity contribution in [2.75, 3.05) is 27.2 Å². The van der Waals surface area contributed by atoms with Crippen molar-refractivity contribution in [3.8, 4) is 0 Å². The van der Waals surface area contributed by atoms with Crippen molar-refractivity contribution < 1.29 is 18.0 Å². The maximum atomic E-state index is 12.8. The van der Waals surface area contributed by atoms with Crippen molar-refractivity contribution in [1.82, 2.24) is 14.4 Å². The van der Waals surface area contributed by atoms with E-state index in [2.05, 4.69) is 4.90 Å². The van der Waals surface area contributed by atoms with Gasteiger partial charge in [0.2, 0.25) is 5.91 Å². The summed E-state index contributed by atoms with van der Waals surface area (Å²) in [4.78, 5) is 27.9.